The van der Waals surface area contributed by atoms with Gasteiger partial charge in [-0.15, -0.1) is 0 Å². The van der Waals surface area contributed by atoms with Gasteiger partial charge in [0, 0.05) is 17.6 Å². The molecular formula is C18H14F3N3O2. The second-order valence-electron chi connectivity index (χ2n) is 5.52. The van der Waals surface area contributed by atoms with Crippen LogP contribution >= 0.6 is 0 Å². The average Bonchev–Trinajstić information content (AvgIpc) is 3.01. The number of carbonyl (C=O) groups is 1. The molecule has 0 fully saturated rings. The first-order chi connectivity index (χ1) is 12.3. The summed E-state index contributed by atoms with van der Waals surface area (Å²) in [6.45, 7) is 1.72. The average molecular weight is 361 g/mol. The Hall–Kier alpha value is -3.29. The highest BCUT2D eigenvalue weighted by atomic mass is 19.4. The molecule has 0 saturated heterocycles. The molecule has 2 aromatic carbocycles. The lowest BCUT2D eigenvalue weighted by atomic mass is 10.1. The molecule has 26 heavy (non-hydrogen) atoms. The molecular weight excluding hydrogens is 347 g/mol. The Bertz CT molecular complexity index is 921. The highest BCUT2D eigenvalue weighted by Crippen LogP contribution is 2.33. The van der Waals surface area contributed by atoms with Crippen LogP contribution in [0.15, 0.2) is 61.1 Å². The summed E-state index contributed by atoms with van der Waals surface area (Å²) in [5.41, 5.74) is -0.0608. The minimum absolute atomic E-state index is 0.0397. The first kappa shape index (κ1) is 17.5. The number of aryl methyl sites for hydroxylation is 1. The van der Waals surface area contributed by atoms with Crippen molar-refractivity contribution in [1.82, 2.24) is 9.55 Å². The summed E-state index contributed by atoms with van der Waals surface area (Å²) in [7, 11) is 0. The molecule has 0 atom stereocenters. The number of anilines is 1. The summed E-state index contributed by atoms with van der Waals surface area (Å²) in [4.78, 5) is 16.0. The Balaban J connectivity index is 1.89. The number of hydrogen-bond donors (Lipinski definition) is 1. The molecule has 8 heteroatoms. The fraction of sp³-hybridized carbons (Fsp3) is 0.111. The number of carbonyl (C=O) groups excluding carboxylic acids is 1. The number of rotatable bonds is 3. The summed E-state index contributed by atoms with van der Waals surface area (Å²) in [5, 5.41) is 2.32. The number of aromatic nitrogens is 2. The van der Waals surface area contributed by atoms with Crippen LogP contribution in [0.1, 0.15) is 11.3 Å². The number of benzene rings is 2. The number of imidazole rings is 1. The van der Waals surface area contributed by atoms with Gasteiger partial charge in [0.1, 0.15) is 5.75 Å². The predicted molar refractivity (Wildman–Crippen MR) is 89.4 cm³/mol. The number of ether oxygens (including phenoxy) is 1. The van der Waals surface area contributed by atoms with Gasteiger partial charge < -0.3 is 9.30 Å². The molecule has 0 aliphatic rings. The van der Waals surface area contributed by atoms with Crippen LogP contribution in [0.4, 0.5) is 23.7 Å². The molecule has 0 spiro atoms. The Morgan fingerprint density at radius 1 is 1.15 bits per heavy atom. The van der Waals surface area contributed by atoms with Gasteiger partial charge in [0.15, 0.2) is 0 Å². The minimum atomic E-state index is -4.56. The molecule has 0 aliphatic heterocycles. The largest absolute Gasteiger partial charge is 0.417 e. The van der Waals surface area contributed by atoms with E-state index in [0.717, 1.165) is 12.1 Å². The Labute approximate surface area is 147 Å². The molecule has 1 heterocycles. The van der Waals surface area contributed by atoms with Crippen LogP contribution in [0.5, 0.6) is 5.75 Å². The van der Waals surface area contributed by atoms with E-state index in [4.69, 9.17) is 4.74 Å². The third-order valence-electron chi connectivity index (χ3n) is 3.46. The van der Waals surface area contributed by atoms with Crippen LogP contribution in [0, 0.1) is 6.92 Å². The topological polar surface area (TPSA) is 56.2 Å². The van der Waals surface area contributed by atoms with Gasteiger partial charge in [-0.25, -0.2) is 9.78 Å². The molecule has 3 aromatic rings. The highest BCUT2D eigenvalue weighted by Gasteiger charge is 2.31. The maximum absolute atomic E-state index is 13.2. The van der Waals surface area contributed by atoms with E-state index in [1.165, 1.54) is 17.0 Å². The molecule has 5 nitrogen and oxygen atoms in total. The molecule has 3 rings (SSSR count). The number of amides is 1. The fourth-order valence-corrected chi connectivity index (χ4v) is 2.30. The van der Waals surface area contributed by atoms with Crippen molar-refractivity contribution < 1.29 is 22.7 Å². The molecule has 0 aliphatic carbocycles. The number of hydrogen-bond acceptors (Lipinski definition) is 3. The van der Waals surface area contributed by atoms with Crippen molar-refractivity contribution in [3.05, 3.63) is 72.3 Å². The first-order valence-electron chi connectivity index (χ1n) is 7.58. The van der Waals surface area contributed by atoms with Gasteiger partial charge in [-0.1, -0.05) is 18.2 Å². The summed E-state index contributed by atoms with van der Waals surface area (Å²) in [6.07, 6.45) is -2.47. The Morgan fingerprint density at radius 2 is 1.88 bits per heavy atom. The lowest BCUT2D eigenvalue weighted by molar-refractivity contribution is -0.137. The van der Waals surface area contributed by atoms with Crippen LogP contribution < -0.4 is 10.1 Å². The zero-order valence-corrected chi connectivity index (χ0v) is 13.6. The van der Waals surface area contributed by atoms with E-state index in [1.54, 1.807) is 43.5 Å². The predicted octanol–water partition coefficient (Wildman–Crippen LogP) is 4.81. The number of para-hydroxylation sites is 1. The number of nitrogens with one attached hydrogen (secondary N) is 1. The van der Waals surface area contributed by atoms with Gasteiger partial charge in [0.05, 0.1) is 17.6 Å². The molecule has 134 valence electrons. The summed E-state index contributed by atoms with van der Waals surface area (Å²) in [6, 6.07) is 11.4. The highest BCUT2D eigenvalue weighted by molar-refractivity contribution is 5.86. The monoisotopic (exact) mass is 361 g/mol. The van der Waals surface area contributed by atoms with Gasteiger partial charge in [-0.2, -0.15) is 13.2 Å². The number of alkyl halides is 3. The first-order valence-corrected chi connectivity index (χ1v) is 7.58. The van der Waals surface area contributed by atoms with E-state index in [-0.39, 0.29) is 17.1 Å². The number of nitrogens with zero attached hydrogens (tertiary/aromatic N) is 2. The van der Waals surface area contributed by atoms with Gasteiger partial charge >= 0.3 is 12.3 Å². The maximum atomic E-state index is 13.2. The third kappa shape index (κ3) is 4.21. The number of halogens is 3. The summed E-state index contributed by atoms with van der Waals surface area (Å²) >= 11 is 0. The second kappa shape index (κ2) is 6.91. The quantitative estimate of drug-likeness (QED) is 0.728. The Morgan fingerprint density at radius 3 is 2.50 bits per heavy atom. The van der Waals surface area contributed by atoms with Crippen molar-refractivity contribution in [1.29, 1.82) is 0 Å². The van der Waals surface area contributed by atoms with Crippen molar-refractivity contribution in [3.8, 4) is 11.4 Å². The minimum Gasteiger partial charge on any atom is -0.410 e. The van der Waals surface area contributed by atoms with Crippen molar-refractivity contribution in [2.45, 2.75) is 13.1 Å². The van der Waals surface area contributed by atoms with E-state index in [1.807, 2.05) is 0 Å². The van der Waals surface area contributed by atoms with Crippen LogP contribution in [0.2, 0.25) is 0 Å². The fourth-order valence-electron chi connectivity index (χ4n) is 2.30. The second-order valence-corrected chi connectivity index (χ2v) is 5.52. The standard InChI is InChI=1S/C18H14F3N3O2/c1-12-10-24(11-22-12)15-8-13(18(19,20)21)7-14(9-15)23-17(25)26-16-5-3-2-4-6-16/h2-11H,1H3,(H,23,25). The zero-order valence-electron chi connectivity index (χ0n) is 13.6. The Kier molecular flexibility index (Phi) is 4.66. The molecule has 0 unspecified atom stereocenters. The molecule has 0 radical (unpaired) electrons. The molecule has 1 amide bonds. The van der Waals surface area contributed by atoms with E-state index >= 15 is 0 Å². The third-order valence-corrected chi connectivity index (χ3v) is 3.46. The van der Waals surface area contributed by atoms with Crippen molar-refractivity contribution in [2.24, 2.45) is 0 Å². The van der Waals surface area contributed by atoms with Crippen LogP contribution in [-0.2, 0) is 6.18 Å². The van der Waals surface area contributed by atoms with Gasteiger partial charge in [0.2, 0.25) is 0 Å². The lowest BCUT2D eigenvalue weighted by Gasteiger charge is -2.13. The van der Waals surface area contributed by atoms with Crippen LogP contribution in [0.3, 0.4) is 0 Å². The van der Waals surface area contributed by atoms with Crippen molar-refractivity contribution in [3.63, 3.8) is 0 Å². The molecule has 0 bridgehead atoms. The van der Waals surface area contributed by atoms with Gasteiger partial charge in [-0.3, -0.25) is 5.32 Å². The molecule has 0 saturated carbocycles. The lowest BCUT2D eigenvalue weighted by Crippen LogP contribution is -2.17. The SMILES string of the molecule is Cc1cn(-c2cc(NC(=O)Oc3ccccc3)cc(C(F)(F)F)c2)cn1. The summed E-state index contributed by atoms with van der Waals surface area (Å²) in [5.74, 6) is 0.280. The maximum Gasteiger partial charge on any atom is 0.417 e. The van der Waals surface area contributed by atoms with E-state index in [0.29, 0.717) is 5.69 Å². The van der Waals surface area contributed by atoms with Crippen molar-refractivity contribution >= 4 is 11.8 Å². The molecule has 1 aromatic heterocycles. The smallest absolute Gasteiger partial charge is 0.410 e. The van der Waals surface area contributed by atoms with E-state index in [9.17, 15) is 18.0 Å². The van der Waals surface area contributed by atoms with Crippen LogP contribution in [-0.4, -0.2) is 15.6 Å². The normalized spacial score (nSPS) is 11.2. The van der Waals surface area contributed by atoms with E-state index in [2.05, 4.69) is 10.3 Å². The van der Waals surface area contributed by atoms with Crippen LogP contribution in [0.25, 0.3) is 5.69 Å². The summed E-state index contributed by atoms with van der Waals surface area (Å²) < 4.78 is 46.0. The van der Waals surface area contributed by atoms with Gasteiger partial charge in [-0.05, 0) is 37.3 Å². The van der Waals surface area contributed by atoms with Crippen molar-refractivity contribution in [2.75, 3.05) is 5.32 Å². The van der Waals surface area contributed by atoms with E-state index < -0.39 is 17.8 Å². The molecule has 1 N–H and O–H groups in total. The zero-order chi connectivity index (χ0) is 18.7. The van der Waals surface area contributed by atoms with Gasteiger partial charge in [0.25, 0.3) is 0 Å².